The SMILES string of the molecule is Cc1cc(C)cc(NCCCCOc2ccccc2C)c1. The lowest BCUT2D eigenvalue weighted by molar-refractivity contribution is 0.306. The van der Waals surface area contributed by atoms with Crippen molar-refractivity contribution in [1.29, 1.82) is 0 Å². The van der Waals surface area contributed by atoms with Gasteiger partial charge >= 0.3 is 0 Å². The predicted octanol–water partition coefficient (Wildman–Crippen LogP) is 4.88. The largest absolute Gasteiger partial charge is 0.493 e. The molecule has 0 amide bonds. The van der Waals surface area contributed by atoms with Crippen molar-refractivity contribution in [2.24, 2.45) is 0 Å². The maximum Gasteiger partial charge on any atom is 0.122 e. The monoisotopic (exact) mass is 283 g/mol. The van der Waals surface area contributed by atoms with Gasteiger partial charge in [0.25, 0.3) is 0 Å². The fourth-order valence-electron chi connectivity index (χ4n) is 2.44. The van der Waals surface area contributed by atoms with E-state index in [4.69, 9.17) is 4.74 Å². The van der Waals surface area contributed by atoms with Crippen molar-refractivity contribution in [3.8, 4) is 5.75 Å². The van der Waals surface area contributed by atoms with Gasteiger partial charge in [-0.05, 0) is 68.5 Å². The van der Waals surface area contributed by atoms with Crippen molar-refractivity contribution in [3.05, 3.63) is 59.2 Å². The molecule has 2 nitrogen and oxygen atoms in total. The minimum Gasteiger partial charge on any atom is -0.493 e. The van der Waals surface area contributed by atoms with Gasteiger partial charge in [0.05, 0.1) is 6.61 Å². The second-order valence-electron chi connectivity index (χ2n) is 5.62. The van der Waals surface area contributed by atoms with E-state index in [1.165, 1.54) is 22.4 Å². The number of hydrogen-bond donors (Lipinski definition) is 1. The van der Waals surface area contributed by atoms with Crippen molar-refractivity contribution < 1.29 is 4.74 Å². The van der Waals surface area contributed by atoms with E-state index in [0.717, 1.165) is 31.7 Å². The number of rotatable bonds is 7. The summed E-state index contributed by atoms with van der Waals surface area (Å²) in [6.07, 6.45) is 2.17. The molecule has 2 heteroatoms. The fourth-order valence-corrected chi connectivity index (χ4v) is 2.44. The molecule has 0 saturated heterocycles. The average molecular weight is 283 g/mol. The summed E-state index contributed by atoms with van der Waals surface area (Å²) in [5.41, 5.74) is 5.03. The summed E-state index contributed by atoms with van der Waals surface area (Å²) in [5.74, 6) is 1.000. The summed E-state index contributed by atoms with van der Waals surface area (Å²) in [4.78, 5) is 0. The third kappa shape index (κ3) is 5.14. The minimum atomic E-state index is 0.777. The molecule has 0 atom stereocenters. The number of para-hydroxylation sites is 1. The highest BCUT2D eigenvalue weighted by Crippen LogP contribution is 2.17. The summed E-state index contributed by atoms with van der Waals surface area (Å²) in [7, 11) is 0. The van der Waals surface area contributed by atoms with Gasteiger partial charge in [-0.25, -0.2) is 0 Å². The third-order valence-electron chi connectivity index (χ3n) is 3.47. The lowest BCUT2D eigenvalue weighted by atomic mass is 10.1. The highest BCUT2D eigenvalue weighted by Gasteiger charge is 1.98. The van der Waals surface area contributed by atoms with Crippen LogP contribution >= 0.6 is 0 Å². The molecule has 0 radical (unpaired) electrons. The zero-order chi connectivity index (χ0) is 15.1. The lowest BCUT2D eigenvalue weighted by Crippen LogP contribution is -2.05. The first-order chi connectivity index (χ1) is 10.1. The molecule has 2 rings (SSSR count). The molecule has 112 valence electrons. The van der Waals surface area contributed by atoms with Gasteiger partial charge in [-0.1, -0.05) is 24.3 Å². The maximum absolute atomic E-state index is 5.80. The molecule has 1 N–H and O–H groups in total. The molecule has 0 aliphatic heterocycles. The lowest BCUT2D eigenvalue weighted by Gasteiger charge is -2.10. The summed E-state index contributed by atoms with van der Waals surface area (Å²) in [6, 6.07) is 14.7. The molecule has 2 aromatic rings. The highest BCUT2D eigenvalue weighted by atomic mass is 16.5. The Morgan fingerprint density at radius 2 is 1.62 bits per heavy atom. The Bertz CT molecular complexity index is 557. The third-order valence-corrected chi connectivity index (χ3v) is 3.47. The molecule has 0 saturated carbocycles. The number of aryl methyl sites for hydroxylation is 3. The topological polar surface area (TPSA) is 21.3 Å². The summed E-state index contributed by atoms with van der Waals surface area (Å²) in [6.45, 7) is 8.11. The first kappa shape index (κ1) is 15.4. The molecule has 21 heavy (non-hydrogen) atoms. The second kappa shape index (κ2) is 7.72. The zero-order valence-corrected chi connectivity index (χ0v) is 13.3. The molecule has 0 aliphatic carbocycles. The molecule has 0 bridgehead atoms. The fraction of sp³-hybridized carbons (Fsp3) is 0.368. The van der Waals surface area contributed by atoms with Gasteiger partial charge in [-0.2, -0.15) is 0 Å². The van der Waals surface area contributed by atoms with Crippen LogP contribution in [0.15, 0.2) is 42.5 Å². The van der Waals surface area contributed by atoms with Gasteiger partial charge in [-0.15, -0.1) is 0 Å². The van der Waals surface area contributed by atoms with E-state index in [-0.39, 0.29) is 0 Å². The predicted molar refractivity (Wildman–Crippen MR) is 90.3 cm³/mol. The van der Waals surface area contributed by atoms with Crippen LogP contribution in [-0.4, -0.2) is 13.2 Å². The van der Waals surface area contributed by atoms with Crippen molar-refractivity contribution >= 4 is 5.69 Å². The minimum absolute atomic E-state index is 0.777. The van der Waals surface area contributed by atoms with E-state index in [2.05, 4.69) is 50.4 Å². The van der Waals surface area contributed by atoms with Gasteiger partial charge in [-0.3, -0.25) is 0 Å². The number of hydrogen-bond acceptors (Lipinski definition) is 2. The molecular formula is C19H25NO. The maximum atomic E-state index is 5.80. The van der Waals surface area contributed by atoms with Crippen molar-refractivity contribution in [2.75, 3.05) is 18.5 Å². The van der Waals surface area contributed by atoms with E-state index in [9.17, 15) is 0 Å². The highest BCUT2D eigenvalue weighted by molar-refractivity contribution is 5.48. The van der Waals surface area contributed by atoms with Crippen LogP contribution in [-0.2, 0) is 0 Å². The van der Waals surface area contributed by atoms with Crippen molar-refractivity contribution in [3.63, 3.8) is 0 Å². The molecular weight excluding hydrogens is 258 g/mol. The number of benzene rings is 2. The normalized spacial score (nSPS) is 10.4. The van der Waals surface area contributed by atoms with E-state index in [0.29, 0.717) is 0 Å². The van der Waals surface area contributed by atoms with Gasteiger partial charge in [0.2, 0.25) is 0 Å². The van der Waals surface area contributed by atoms with Crippen LogP contribution in [0.4, 0.5) is 5.69 Å². The Kier molecular flexibility index (Phi) is 5.68. The number of ether oxygens (including phenoxy) is 1. The van der Waals surface area contributed by atoms with Crippen LogP contribution in [0.25, 0.3) is 0 Å². The standard InChI is InChI=1S/C19H25NO/c1-15-12-16(2)14-18(13-15)20-10-6-7-11-21-19-9-5-4-8-17(19)3/h4-5,8-9,12-14,20H,6-7,10-11H2,1-3H3. The van der Waals surface area contributed by atoms with E-state index in [1.807, 2.05) is 18.2 Å². The molecule has 0 spiro atoms. The van der Waals surface area contributed by atoms with Crippen LogP contribution < -0.4 is 10.1 Å². The second-order valence-corrected chi connectivity index (χ2v) is 5.62. The zero-order valence-electron chi connectivity index (χ0n) is 13.3. The first-order valence-electron chi connectivity index (χ1n) is 7.66. The molecule has 0 aromatic heterocycles. The van der Waals surface area contributed by atoms with Gasteiger partial charge < -0.3 is 10.1 Å². The smallest absolute Gasteiger partial charge is 0.122 e. The van der Waals surface area contributed by atoms with Crippen LogP contribution in [0.5, 0.6) is 5.75 Å². The Morgan fingerprint density at radius 3 is 2.33 bits per heavy atom. The average Bonchev–Trinajstić information content (AvgIpc) is 2.43. The van der Waals surface area contributed by atoms with E-state index in [1.54, 1.807) is 0 Å². The van der Waals surface area contributed by atoms with Crippen LogP contribution in [0, 0.1) is 20.8 Å². The molecule has 0 unspecified atom stereocenters. The number of anilines is 1. The van der Waals surface area contributed by atoms with Gasteiger partial charge in [0, 0.05) is 12.2 Å². The molecule has 0 heterocycles. The van der Waals surface area contributed by atoms with Gasteiger partial charge in [0.15, 0.2) is 0 Å². The summed E-state index contributed by atoms with van der Waals surface area (Å²) in [5, 5.41) is 3.48. The Balaban J connectivity index is 1.65. The Morgan fingerprint density at radius 1 is 0.905 bits per heavy atom. The quantitative estimate of drug-likeness (QED) is 0.731. The van der Waals surface area contributed by atoms with Crippen LogP contribution in [0.3, 0.4) is 0 Å². The Hall–Kier alpha value is -1.96. The Labute approximate surface area is 128 Å². The van der Waals surface area contributed by atoms with E-state index < -0.39 is 0 Å². The van der Waals surface area contributed by atoms with Gasteiger partial charge in [0.1, 0.15) is 5.75 Å². The summed E-state index contributed by atoms with van der Waals surface area (Å²) >= 11 is 0. The number of unbranched alkanes of at least 4 members (excludes halogenated alkanes) is 1. The van der Waals surface area contributed by atoms with Crippen molar-refractivity contribution in [2.45, 2.75) is 33.6 Å². The molecule has 0 aliphatic rings. The van der Waals surface area contributed by atoms with Crippen LogP contribution in [0.1, 0.15) is 29.5 Å². The van der Waals surface area contributed by atoms with Crippen molar-refractivity contribution in [1.82, 2.24) is 0 Å². The van der Waals surface area contributed by atoms with Crippen LogP contribution in [0.2, 0.25) is 0 Å². The molecule has 2 aromatic carbocycles. The summed E-state index contributed by atoms with van der Waals surface area (Å²) < 4.78 is 5.80. The molecule has 0 fully saturated rings. The first-order valence-corrected chi connectivity index (χ1v) is 7.66. The number of nitrogens with one attached hydrogen (secondary N) is 1. The van der Waals surface area contributed by atoms with E-state index >= 15 is 0 Å².